The zero-order valence-electron chi connectivity index (χ0n) is 14.0. The summed E-state index contributed by atoms with van der Waals surface area (Å²) in [5.74, 6) is 0.320. The van der Waals surface area contributed by atoms with Gasteiger partial charge in [-0.3, -0.25) is 9.59 Å². The normalized spacial score (nSPS) is 10.1. The fraction of sp³-hybridized carbons (Fsp3) is 0.263. The molecule has 5 nitrogen and oxygen atoms in total. The average Bonchev–Trinajstić information content (AvgIpc) is 2.62. The average molecular weight is 326 g/mol. The van der Waals surface area contributed by atoms with Gasteiger partial charge in [0, 0.05) is 24.3 Å². The number of nitrogens with one attached hydrogen (secondary N) is 1. The van der Waals surface area contributed by atoms with E-state index in [1.165, 1.54) is 0 Å². The maximum Gasteiger partial charge on any atom is 0.262 e. The van der Waals surface area contributed by atoms with Crippen LogP contribution in [-0.4, -0.2) is 36.4 Å². The number of ether oxygens (including phenoxy) is 1. The lowest BCUT2D eigenvalue weighted by Crippen LogP contribution is -2.30. The van der Waals surface area contributed by atoms with E-state index >= 15 is 0 Å². The first-order chi connectivity index (χ1) is 11.6. The predicted molar refractivity (Wildman–Crippen MR) is 94.3 cm³/mol. The minimum atomic E-state index is -0.272. The number of carbonyl (C=O) groups excluding carboxylic acids is 2. The van der Waals surface area contributed by atoms with Gasteiger partial charge in [0.15, 0.2) is 6.61 Å². The van der Waals surface area contributed by atoms with Crippen LogP contribution in [0, 0.1) is 0 Å². The minimum absolute atomic E-state index is 0.0448. The molecular formula is C19H22N2O3. The van der Waals surface area contributed by atoms with Gasteiger partial charge in [-0.1, -0.05) is 24.3 Å². The van der Waals surface area contributed by atoms with E-state index in [1.807, 2.05) is 32.0 Å². The molecule has 0 atom stereocenters. The molecule has 0 heterocycles. The van der Waals surface area contributed by atoms with Crippen LogP contribution in [0.15, 0.2) is 54.6 Å². The van der Waals surface area contributed by atoms with E-state index in [9.17, 15) is 9.59 Å². The molecule has 24 heavy (non-hydrogen) atoms. The van der Waals surface area contributed by atoms with Crippen LogP contribution < -0.4 is 10.1 Å². The quantitative estimate of drug-likeness (QED) is 0.850. The molecule has 5 heteroatoms. The third kappa shape index (κ3) is 4.84. The van der Waals surface area contributed by atoms with E-state index in [2.05, 4.69) is 5.32 Å². The van der Waals surface area contributed by atoms with Crippen LogP contribution in [0.5, 0.6) is 5.75 Å². The molecule has 0 aliphatic rings. The van der Waals surface area contributed by atoms with Gasteiger partial charge in [-0.15, -0.1) is 0 Å². The summed E-state index contributed by atoms with van der Waals surface area (Å²) in [5, 5.41) is 2.75. The molecule has 2 amide bonds. The van der Waals surface area contributed by atoms with Crippen molar-refractivity contribution in [1.29, 1.82) is 0 Å². The summed E-state index contributed by atoms with van der Waals surface area (Å²) in [6, 6.07) is 16.1. The smallest absolute Gasteiger partial charge is 0.262 e. The van der Waals surface area contributed by atoms with Crippen LogP contribution >= 0.6 is 0 Å². The lowest BCUT2D eigenvalue weighted by Gasteiger charge is -2.19. The number of anilines is 1. The standard InChI is InChI=1S/C19H22N2O3/c1-3-21(4-2)19(23)15-9-8-10-16(13-15)20-18(22)14-24-17-11-6-5-7-12-17/h5-13H,3-4,14H2,1-2H3,(H,20,22). The summed E-state index contributed by atoms with van der Waals surface area (Å²) in [6.07, 6.45) is 0. The molecule has 2 rings (SSSR count). The maximum absolute atomic E-state index is 12.3. The molecule has 0 saturated heterocycles. The van der Waals surface area contributed by atoms with Crippen molar-refractivity contribution in [1.82, 2.24) is 4.90 Å². The number of nitrogens with zero attached hydrogens (tertiary/aromatic N) is 1. The van der Waals surface area contributed by atoms with Gasteiger partial charge < -0.3 is 15.0 Å². The van der Waals surface area contributed by atoms with Crippen molar-refractivity contribution < 1.29 is 14.3 Å². The zero-order chi connectivity index (χ0) is 17.4. The predicted octanol–water partition coefficient (Wildman–Crippen LogP) is 3.19. The Labute approximate surface area is 142 Å². The number of benzene rings is 2. The molecule has 0 bridgehead atoms. The van der Waals surface area contributed by atoms with E-state index < -0.39 is 0 Å². The van der Waals surface area contributed by atoms with Gasteiger partial charge in [-0.25, -0.2) is 0 Å². The Balaban J connectivity index is 1.96. The summed E-state index contributed by atoms with van der Waals surface area (Å²) in [7, 11) is 0. The van der Waals surface area contributed by atoms with Crippen LogP contribution in [0.4, 0.5) is 5.69 Å². The molecule has 0 spiro atoms. The Hall–Kier alpha value is -2.82. The molecule has 0 radical (unpaired) electrons. The van der Waals surface area contributed by atoms with Crippen LogP contribution in [0.1, 0.15) is 24.2 Å². The molecule has 2 aromatic carbocycles. The molecular weight excluding hydrogens is 304 g/mol. The lowest BCUT2D eigenvalue weighted by atomic mass is 10.1. The van der Waals surface area contributed by atoms with Crippen LogP contribution in [0.3, 0.4) is 0 Å². The Morgan fingerprint density at radius 1 is 1.00 bits per heavy atom. The highest BCUT2D eigenvalue weighted by Gasteiger charge is 2.13. The van der Waals surface area contributed by atoms with Crippen LogP contribution in [0.2, 0.25) is 0 Å². The second-order valence-electron chi connectivity index (χ2n) is 5.21. The molecule has 0 fully saturated rings. The van der Waals surface area contributed by atoms with Crippen molar-refractivity contribution in [2.24, 2.45) is 0 Å². The van der Waals surface area contributed by atoms with Gasteiger partial charge in [0.2, 0.25) is 0 Å². The topological polar surface area (TPSA) is 58.6 Å². The van der Waals surface area contributed by atoms with Gasteiger partial charge >= 0.3 is 0 Å². The SMILES string of the molecule is CCN(CC)C(=O)c1cccc(NC(=O)COc2ccccc2)c1. The van der Waals surface area contributed by atoms with Crippen molar-refractivity contribution in [3.05, 3.63) is 60.2 Å². The van der Waals surface area contributed by atoms with Gasteiger partial charge in [0.25, 0.3) is 11.8 Å². The highest BCUT2D eigenvalue weighted by Crippen LogP contribution is 2.13. The summed E-state index contributed by atoms with van der Waals surface area (Å²) in [5.41, 5.74) is 1.13. The molecule has 0 aliphatic carbocycles. The minimum Gasteiger partial charge on any atom is -0.484 e. The van der Waals surface area contributed by atoms with Crippen molar-refractivity contribution in [2.45, 2.75) is 13.8 Å². The van der Waals surface area contributed by atoms with E-state index in [0.29, 0.717) is 30.1 Å². The third-order valence-electron chi connectivity index (χ3n) is 3.56. The van der Waals surface area contributed by atoms with Crippen molar-refractivity contribution >= 4 is 17.5 Å². The monoisotopic (exact) mass is 326 g/mol. The zero-order valence-corrected chi connectivity index (χ0v) is 14.0. The van der Waals surface area contributed by atoms with E-state index in [4.69, 9.17) is 4.74 Å². The maximum atomic E-state index is 12.3. The van der Waals surface area contributed by atoms with Gasteiger partial charge in [0.05, 0.1) is 0 Å². The van der Waals surface area contributed by atoms with Crippen LogP contribution in [-0.2, 0) is 4.79 Å². The van der Waals surface area contributed by atoms with Gasteiger partial charge in [-0.2, -0.15) is 0 Å². The Morgan fingerprint density at radius 3 is 2.38 bits per heavy atom. The fourth-order valence-corrected chi connectivity index (χ4v) is 2.29. The first-order valence-corrected chi connectivity index (χ1v) is 8.01. The van der Waals surface area contributed by atoms with E-state index in [1.54, 1.807) is 41.3 Å². The lowest BCUT2D eigenvalue weighted by molar-refractivity contribution is -0.118. The molecule has 126 valence electrons. The van der Waals surface area contributed by atoms with Crippen molar-refractivity contribution in [3.63, 3.8) is 0 Å². The van der Waals surface area contributed by atoms with Gasteiger partial charge in [0.1, 0.15) is 5.75 Å². The molecule has 1 N–H and O–H groups in total. The second-order valence-corrected chi connectivity index (χ2v) is 5.21. The number of hydrogen-bond acceptors (Lipinski definition) is 3. The summed E-state index contributed by atoms with van der Waals surface area (Å²) in [4.78, 5) is 26.1. The molecule has 0 unspecified atom stereocenters. The fourth-order valence-electron chi connectivity index (χ4n) is 2.29. The number of rotatable bonds is 7. The first kappa shape index (κ1) is 17.5. The molecule has 0 saturated carbocycles. The van der Waals surface area contributed by atoms with Crippen LogP contribution in [0.25, 0.3) is 0 Å². The van der Waals surface area contributed by atoms with Crippen molar-refractivity contribution in [2.75, 3.05) is 25.0 Å². The highest BCUT2D eigenvalue weighted by atomic mass is 16.5. The van der Waals surface area contributed by atoms with Gasteiger partial charge in [-0.05, 0) is 44.2 Å². The second kappa shape index (κ2) is 8.72. The summed E-state index contributed by atoms with van der Waals surface area (Å²) >= 11 is 0. The van der Waals surface area contributed by atoms with Crippen molar-refractivity contribution in [3.8, 4) is 5.75 Å². The Morgan fingerprint density at radius 2 is 1.71 bits per heavy atom. The summed E-state index contributed by atoms with van der Waals surface area (Å²) in [6.45, 7) is 5.09. The third-order valence-corrected chi connectivity index (χ3v) is 3.56. The number of para-hydroxylation sites is 1. The largest absolute Gasteiger partial charge is 0.484 e. The molecule has 0 aliphatic heterocycles. The number of carbonyl (C=O) groups is 2. The Kier molecular flexibility index (Phi) is 6.37. The molecule has 0 aromatic heterocycles. The number of amides is 2. The highest BCUT2D eigenvalue weighted by molar-refractivity contribution is 5.97. The summed E-state index contributed by atoms with van der Waals surface area (Å²) < 4.78 is 5.40. The number of hydrogen-bond donors (Lipinski definition) is 1. The first-order valence-electron chi connectivity index (χ1n) is 8.01. The molecule has 2 aromatic rings. The van der Waals surface area contributed by atoms with E-state index in [-0.39, 0.29) is 18.4 Å². The Bertz CT molecular complexity index is 682. The van der Waals surface area contributed by atoms with E-state index in [0.717, 1.165) is 0 Å².